The van der Waals surface area contributed by atoms with Crippen molar-refractivity contribution in [3.8, 4) is 0 Å². The van der Waals surface area contributed by atoms with Gasteiger partial charge in [-0.2, -0.15) is 0 Å². The third-order valence-electron chi connectivity index (χ3n) is 2.28. The first-order valence-electron chi connectivity index (χ1n) is 4.73. The molecule has 2 rings (SSSR count). The molecule has 0 amide bonds. The van der Waals surface area contributed by atoms with Crippen LogP contribution in [0.25, 0.3) is 0 Å². The van der Waals surface area contributed by atoms with Gasteiger partial charge in [0.2, 0.25) is 0 Å². The zero-order valence-corrected chi connectivity index (χ0v) is 7.90. The molecule has 1 fully saturated rings. The molecule has 1 atom stereocenters. The Labute approximate surface area is 82.5 Å². The Morgan fingerprint density at radius 3 is 3.21 bits per heavy atom. The Hall–Kier alpha value is -1.16. The van der Waals surface area contributed by atoms with Crippen LogP contribution in [0.5, 0.6) is 0 Å². The average Bonchev–Trinajstić information content (AvgIpc) is 2.30. The van der Waals surface area contributed by atoms with Crippen LogP contribution in [0.4, 0.5) is 10.2 Å². The van der Waals surface area contributed by atoms with Gasteiger partial charge in [0.15, 0.2) is 0 Å². The molecule has 1 aliphatic heterocycles. The summed E-state index contributed by atoms with van der Waals surface area (Å²) in [7, 11) is 0. The van der Waals surface area contributed by atoms with E-state index >= 15 is 0 Å². The quantitative estimate of drug-likeness (QED) is 0.712. The van der Waals surface area contributed by atoms with Crippen molar-refractivity contribution in [3.63, 3.8) is 0 Å². The highest BCUT2D eigenvalue weighted by Crippen LogP contribution is 2.14. The lowest BCUT2D eigenvalue weighted by Gasteiger charge is -2.32. The first kappa shape index (κ1) is 9.40. The maximum atomic E-state index is 12.4. The molecule has 76 valence electrons. The first-order chi connectivity index (χ1) is 6.90. The van der Waals surface area contributed by atoms with E-state index in [2.05, 4.69) is 4.98 Å². The number of nitrogens with zero attached hydrogens (tertiary/aromatic N) is 2. The number of ether oxygens (including phenoxy) is 1. The molecule has 0 saturated carbocycles. The summed E-state index contributed by atoms with van der Waals surface area (Å²) >= 11 is 0. The summed E-state index contributed by atoms with van der Waals surface area (Å²) in [6.45, 7) is 1.52. The lowest BCUT2D eigenvalue weighted by atomic mass is 10.3. The lowest BCUT2D eigenvalue weighted by molar-refractivity contribution is 0.0245. The maximum absolute atomic E-state index is 12.4. The second-order valence-corrected chi connectivity index (χ2v) is 3.28. The van der Waals surface area contributed by atoms with Gasteiger partial charge in [-0.15, -0.1) is 0 Å². The van der Waals surface area contributed by atoms with E-state index in [0.29, 0.717) is 13.2 Å². The summed E-state index contributed by atoms with van der Waals surface area (Å²) in [4.78, 5) is 6.27. The van der Waals surface area contributed by atoms with Gasteiger partial charge in [0, 0.05) is 19.3 Å². The summed E-state index contributed by atoms with van der Waals surface area (Å²) in [6.07, 6.45) is 1.45. The van der Waals surface area contributed by atoms with E-state index in [1.807, 2.05) is 23.1 Å². The van der Waals surface area contributed by atoms with Gasteiger partial charge >= 0.3 is 0 Å². The number of anilines is 1. The van der Waals surface area contributed by atoms with Crippen LogP contribution < -0.4 is 4.90 Å². The van der Waals surface area contributed by atoms with Gasteiger partial charge in [0.25, 0.3) is 0 Å². The molecular weight excluding hydrogens is 183 g/mol. The van der Waals surface area contributed by atoms with Crippen molar-refractivity contribution in [1.82, 2.24) is 4.98 Å². The number of hydrogen-bond acceptors (Lipinski definition) is 3. The maximum Gasteiger partial charge on any atom is 0.128 e. The molecule has 2 heterocycles. The third-order valence-corrected chi connectivity index (χ3v) is 2.28. The highest BCUT2D eigenvalue weighted by molar-refractivity contribution is 5.38. The van der Waals surface area contributed by atoms with Crippen molar-refractivity contribution < 1.29 is 9.13 Å². The predicted octanol–water partition coefficient (Wildman–Crippen LogP) is 1.26. The van der Waals surface area contributed by atoms with E-state index < -0.39 is 6.67 Å². The SMILES string of the molecule is FCC1CN(c2ccccn2)CCO1. The topological polar surface area (TPSA) is 25.4 Å². The van der Waals surface area contributed by atoms with Gasteiger partial charge in [-0.05, 0) is 12.1 Å². The molecule has 0 spiro atoms. The second-order valence-electron chi connectivity index (χ2n) is 3.28. The van der Waals surface area contributed by atoms with Crippen molar-refractivity contribution in [1.29, 1.82) is 0 Å². The van der Waals surface area contributed by atoms with Crippen LogP contribution in [0.15, 0.2) is 24.4 Å². The smallest absolute Gasteiger partial charge is 0.128 e. The molecule has 3 nitrogen and oxygen atoms in total. The summed E-state index contributed by atoms with van der Waals surface area (Å²) < 4.78 is 17.6. The van der Waals surface area contributed by atoms with E-state index in [4.69, 9.17) is 4.74 Å². The fourth-order valence-electron chi connectivity index (χ4n) is 1.56. The van der Waals surface area contributed by atoms with Gasteiger partial charge in [0.05, 0.1) is 6.61 Å². The first-order valence-corrected chi connectivity index (χ1v) is 4.73. The molecule has 1 saturated heterocycles. The third kappa shape index (κ3) is 2.01. The van der Waals surface area contributed by atoms with E-state index in [0.717, 1.165) is 12.4 Å². The molecule has 0 aliphatic carbocycles. The van der Waals surface area contributed by atoms with Crippen molar-refractivity contribution in [2.24, 2.45) is 0 Å². The van der Waals surface area contributed by atoms with E-state index in [1.165, 1.54) is 0 Å². The molecule has 4 heteroatoms. The second kappa shape index (κ2) is 4.37. The largest absolute Gasteiger partial charge is 0.372 e. The standard InChI is InChI=1S/C10H13FN2O/c11-7-9-8-13(5-6-14-9)10-3-1-2-4-12-10/h1-4,9H,5-8H2. The summed E-state index contributed by atoms with van der Waals surface area (Å²) in [5.74, 6) is 0.897. The fourth-order valence-corrected chi connectivity index (χ4v) is 1.56. The van der Waals surface area contributed by atoms with Gasteiger partial charge in [-0.3, -0.25) is 0 Å². The van der Waals surface area contributed by atoms with Crippen LogP contribution in [0.3, 0.4) is 0 Å². The van der Waals surface area contributed by atoms with Gasteiger partial charge in [-0.1, -0.05) is 6.07 Å². The van der Waals surface area contributed by atoms with Crippen LogP contribution in [0.2, 0.25) is 0 Å². The zero-order chi connectivity index (χ0) is 9.80. The normalized spacial score (nSPS) is 22.4. The Balaban J connectivity index is 2.04. The van der Waals surface area contributed by atoms with Crippen LogP contribution in [0.1, 0.15) is 0 Å². The number of morpholine rings is 1. The van der Waals surface area contributed by atoms with Gasteiger partial charge in [0.1, 0.15) is 18.6 Å². The number of rotatable bonds is 2. The van der Waals surface area contributed by atoms with Crippen LogP contribution in [0, 0.1) is 0 Å². The monoisotopic (exact) mass is 196 g/mol. The van der Waals surface area contributed by atoms with Crippen LogP contribution >= 0.6 is 0 Å². The Morgan fingerprint density at radius 1 is 1.57 bits per heavy atom. The number of alkyl halides is 1. The Morgan fingerprint density at radius 2 is 2.50 bits per heavy atom. The molecule has 0 radical (unpaired) electrons. The lowest BCUT2D eigenvalue weighted by Crippen LogP contribution is -2.43. The van der Waals surface area contributed by atoms with Crippen LogP contribution in [-0.2, 0) is 4.74 Å². The predicted molar refractivity (Wildman–Crippen MR) is 52.2 cm³/mol. The highest BCUT2D eigenvalue weighted by Gasteiger charge is 2.20. The van der Waals surface area contributed by atoms with Gasteiger partial charge in [-0.25, -0.2) is 9.37 Å². The molecule has 1 aromatic rings. The number of hydrogen-bond donors (Lipinski definition) is 0. The minimum atomic E-state index is -0.427. The number of aromatic nitrogens is 1. The molecule has 0 aromatic carbocycles. The fraction of sp³-hybridized carbons (Fsp3) is 0.500. The molecule has 0 bridgehead atoms. The van der Waals surface area contributed by atoms with Crippen molar-refractivity contribution in [2.75, 3.05) is 31.3 Å². The minimum Gasteiger partial charge on any atom is -0.372 e. The number of pyridine rings is 1. The highest BCUT2D eigenvalue weighted by atomic mass is 19.1. The van der Waals surface area contributed by atoms with Crippen molar-refractivity contribution in [2.45, 2.75) is 6.10 Å². The molecular formula is C10H13FN2O. The van der Waals surface area contributed by atoms with Crippen LogP contribution in [-0.4, -0.2) is 37.5 Å². The Bertz CT molecular complexity index is 281. The summed E-state index contributed by atoms with van der Waals surface area (Å²) in [5.41, 5.74) is 0. The number of halogens is 1. The molecule has 1 unspecified atom stereocenters. The molecule has 1 aliphatic rings. The van der Waals surface area contributed by atoms with E-state index in [1.54, 1.807) is 6.20 Å². The van der Waals surface area contributed by atoms with E-state index in [9.17, 15) is 4.39 Å². The van der Waals surface area contributed by atoms with E-state index in [-0.39, 0.29) is 6.10 Å². The minimum absolute atomic E-state index is 0.300. The van der Waals surface area contributed by atoms with Crippen molar-refractivity contribution >= 4 is 5.82 Å². The van der Waals surface area contributed by atoms with Crippen molar-refractivity contribution in [3.05, 3.63) is 24.4 Å². The molecule has 0 N–H and O–H groups in total. The summed E-state index contributed by atoms with van der Waals surface area (Å²) in [5, 5.41) is 0. The Kier molecular flexibility index (Phi) is 2.93. The summed E-state index contributed by atoms with van der Waals surface area (Å²) in [6, 6.07) is 5.74. The average molecular weight is 196 g/mol. The molecule has 1 aromatic heterocycles. The molecule has 14 heavy (non-hydrogen) atoms. The zero-order valence-electron chi connectivity index (χ0n) is 7.90. The van der Waals surface area contributed by atoms with Gasteiger partial charge < -0.3 is 9.64 Å².